The van der Waals surface area contributed by atoms with Crippen molar-refractivity contribution in [1.29, 1.82) is 0 Å². The average molecular weight is 283 g/mol. The minimum absolute atomic E-state index is 0.0810. The van der Waals surface area contributed by atoms with Gasteiger partial charge in [-0.3, -0.25) is 0 Å². The molecule has 1 heterocycles. The van der Waals surface area contributed by atoms with Crippen LogP contribution in [0.2, 0.25) is 0 Å². The third kappa shape index (κ3) is 3.97. The van der Waals surface area contributed by atoms with Gasteiger partial charge in [-0.15, -0.1) is 6.58 Å². The summed E-state index contributed by atoms with van der Waals surface area (Å²) >= 11 is 0. The summed E-state index contributed by atoms with van der Waals surface area (Å²) in [5.41, 5.74) is 1.01. The zero-order chi connectivity index (χ0) is 13.7. The molecule has 1 aromatic rings. The highest BCUT2D eigenvalue weighted by Gasteiger charge is 2.13. The summed E-state index contributed by atoms with van der Waals surface area (Å²) in [6.07, 6.45) is 2.67. The van der Waals surface area contributed by atoms with Crippen LogP contribution in [0.15, 0.2) is 30.9 Å². The molecule has 1 aliphatic rings. The second-order valence-corrected chi connectivity index (χ2v) is 6.15. The van der Waals surface area contributed by atoms with Crippen LogP contribution in [0.25, 0.3) is 0 Å². The van der Waals surface area contributed by atoms with Crippen LogP contribution in [0.5, 0.6) is 11.5 Å². The molecule has 6 heteroatoms. The van der Waals surface area contributed by atoms with Gasteiger partial charge in [-0.2, -0.15) is 0 Å². The first-order valence-electron chi connectivity index (χ1n) is 6.07. The van der Waals surface area contributed by atoms with E-state index in [9.17, 15) is 8.42 Å². The largest absolute Gasteiger partial charge is 0.454 e. The summed E-state index contributed by atoms with van der Waals surface area (Å²) in [4.78, 5) is 0. The van der Waals surface area contributed by atoms with E-state index >= 15 is 0 Å². The molecule has 0 unspecified atom stereocenters. The van der Waals surface area contributed by atoms with Gasteiger partial charge in [0.05, 0.1) is 5.75 Å². The standard InChI is InChI=1S/C13H17NO4S/c1-2-3-8-19(15,16)14-7-6-11-4-5-12-13(9-11)18-10-17-12/h2,4-5,9,14H,1,3,6-8,10H2. The lowest BCUT2D eigenvalue weighted by atomic mass is 10.1. The molecule has 1 N–H and O–H groups in total. The predicted molar refractivity (Wildman–Crippen MR) is 72.9 cm³/mol. The van der Waals surface area contributed by atoms with Crippen LogP contribution in [0, 0.1) is 0 Å². The molecule has 2 rings (SSSR count). The van der Waals surface area contributed by atoms with Crippen LogP contribution in [0.4, 0.5) is 0 Å². The molecule has 19 heavy (non-hydrogen) atoms. The number of fused-ring (bicyclic) bond motifs is 1. The fourth-order valence-electron chi connectivity index (χ4n) is 1.76. The zero-order valence-electron chi connectivity index (χ0n) is 10.6. The van der Waals surface area contributed by atoms with E-state index in [1.54, 1.807) is 6.08 Å². The van der Waals surface area contributed by atoms with E-state index in [1.807, 2.05) is 18.2 Å². The molecule has 0 atom stereocenters. The van der Waals surface area contributed by atoms with Crippen molar-refractivity contribution >= 4 is 10.0 Å². The number of nitrogens with one attached hydrogen (secondary N) is 1. The van der Waals surface area contributed by atoms with Crippen molar-refractivity contribution in [3.05, 3.63) is 36.4 Å². The van der Waals surface area contributed by atoms with Crippen LogP contribution in [-0.2, 0) is 16.4 Å². The highest BCUT2D eigenvalue weighted by atomic mass is 32.2. The van der Waals surface area contributed by atoms with Gasteiger partial charge in [0.1, 0.15) is 0 Å². The smallest absolute Gasteiger partial charge is 0.231 e. The number of hydrogen-bond acceptors (Lipinski definition) is 4. The molecule has 0 aromatic heterocycles. The Labute approximate surface area is 113 Å². The molecule has 1 aliphatic heterocycles. The van der Waals surface area contributed by atoms with Crippen molar-refractivity contribution < 1.29 is 17.9 Å². The van der Waals surface area contributed by atoms with E-state index in [2.05, 4.69) is 11.3 Å². The zero-order valence-corrected chi connectivity index (χ0v) is 11.4. The Hall–Kier alpha value is -1.53. The quantitative estimate of drug-likeness (QED) is 0.769. The maximum absolute atomic E-state index is 11.6. The molecule has 0 fully saturated rings. The molecule has 1 aromatic carbocycles. The van der Waals surface area contributed by atoms with Gasteiger partial charge in [-0.25, -0.2) is 13.1 Å². The number of benzene rings is 1. The SMILES string of the molecule is C=CCCS(=O)(=O)NCCc1ccc2c(c1)OCO2. The average Bonchev–Trinajstić information content (AvgIpc) is 2.83. The molecule has 104 valence electrons. The fraction of sp³-hybridized carbons (Fsp3) is 0.385. The van der Waals surface area contributed by atoms with Crippen LogP contribution < -0.4 is 14.2 Å². The normalized spacial score (nSPS) is 13.5. The first-order valence-corrected chi connectivity index (χ1v) is 7.73. The number of allylic oxidation sites excluding steroid dienone is 1. The lowest BCUT2D eigenvalue weighted by molar-refractivity contribution is 0.174. The second kappa shape index (κ2) is 6.08. The number of hydrogen-bond donors (Lipinski definition) is 1. The second-order valence-electron chi connectivity index (χ2n) is 4.23. The molecule has 0 bridgehead atoms. The molecule has 0 spiro atoms. The minimum atomic E-state index is -3.20. The molecule has 0 saturated heterocycles. The molecular formula is C13H17NO4S. The van der Waals surface area contributed by atoms with Crippen molar-refractivity contribution in [2.45, 2.75) is 12.8 Å². The van der Waals surface area contributed by atoms with Crippen molar-refractivity contribution in [3.63, 3.8) is 0 Å². The van der Waals surface area contributed by atoms with E-state index in [0.717, 1.165) is 11.3 Å². The van der Waals surface area contributed by atoms with Crippen molar-refractivity contribution in [3.8, 4) is 11.5 Å². The Morgan fingerprint density at radius 3 is 2.89 bits per heavy atom. The van der Waals surface area contributed by atoms with Crippen LogP contribution in [0.3, 0.4) is 0 Å². The third-order valence-corrected chi connectivity index (χ3v) is 4.18. The highest BCUT2D eigenvalue weighted by molar-refractivity contribution is 7.89. The molecular weight excluding hydrogens is 266 g/mol. The van der Waals surface area contributed by atoms with Crippen LogP contribution >= 0.6 is 0 Å². The van der Waals surface area contributed by atoms with Crippen LogP contribution in [0.1, 0.15) is 12.0 Å². The topological polar surface area (TPSA) is 64.6 Å². The summed E-state index contributed by atoms with van der Waals surface area (Å²) < 4.78 is 36.2. The van der Waals surface area contributed by atoms with Gasteiger partial charge in [0, 0.05) is 6.54 Å². The Morgan fingerprint density at radius 1 is 1.32 bits per heavy atom. The molecule has 0 radical (unpaired) electrons. The minimum Gasteiger partial charge on any atom is -0.454 e. The van der Waals surface area contributed by atoms with Gasteiger partial charge in [0.15, 0.2) is 11.5 Å². The first-order chi connectivity index (χ1) is 9.11. The molecule has 5 nitrogen and oxygen atoms in total. The van der Waals surface area contributed by atoms with Crippen LogP contribution in [-0.4, -0.2) is 27.5 Å². The Bertz CT molecular complexity index is 554. The van der Waals surface area contributed by atoms with Gasteiger partial charge in [0.25, 0.3) is 0 Å². The molecule has 0 saturated carbocycles. The van der Waals surface area contributed by atoms with Crippen molar-refractivity contribution in [2.75, 3.05) is 19.1 Å². The Balaban J connectivity index is 1.84. The van der Waals surface area contributed by atoms with E-state index in [-0.39, 0.29) is 12.5 Å². The predicted octanol–water partition coefficient (Wildman–Crippen LogP) is 1.45. The fourth-order valence-corrected chi connectivity index (χ4v) is 2.79. The van der Waals surface area contributed by atoms with Gasteiger partial charge in [0.2, 0.25) is 16.8 Å². The summed E-state index contributed by atoms with van der Waals surface area (Å²) in [7, 11) is -3.20. The molecule has 0 amide bonds. The van der Waals surface area contributed by atoms with Crippen molar-refractivity contribution in [2.24, 2.45) is 0 Å². The van der Waals surface area contributed by atoms with Gasteiger partial charge >= 0.3 is 0 Å². The van der Waals surface area contributed by atoms with E-state index in [1.165, 1.54) is 0 Å². The Kier molecular flexibility index (Phi) is 4.44. The number of ether oxygens (including phenoxy) is 2. The summed E-state index contributed by atoms with van der Waals surface area (Å²) in [5.74, 6) is 1.53. The number of rotatable bonds is 7. The Morgan fingerprint density at radius 2 is 2.11 bits per heavy atom. The summed E-state index contributed by atoms with van der Waals surface area (Å²) in [6, 6.07) is 5.62. The number of sulfonamides is 1. The maximum atomic E-state index is 11.6. The van der Waals surface area contributed by atoms with E-state index in [4.69, 9.17) is 9.47 Å². The lowest BCUT2D eigenvalue weighted by Crippen LogP contribution is -2.28. The van der Waals surface area contributed by atoms with Gasteiger partial charge < -0.3 is 9.47 Å². The highest BCUT2D eigenvalue weighted by Crippen LogP contribution is 2.32. The first kappa shape index (κ1) is 13.9. The summed E-state index contributed by atoms with van der Waals surface area (Å²) in [5, 5.41) is 0. The van der Waals surface area contributed by atoms with Gasteiger partial charge in [-0.05, 0) is 30.5 Å². The lowest BCUT2D eigenvalue weighted by Gasteiger charge is -2.06. The van der Waals surface area contributed by atoms with E-state index in [0.29, 0.717) is 25.1 Å². The third-order valence-electron chi connectivity index (χ3n) is 2.76. The maximum Gasteiger partial charge on any atom is 0.231 e. The van der Waals surface area contributed by atoms with Crippen molar-refractivity contribution in [1.82, 2.24) is 4.72 Å². The summed E-state index contributed by atoms with van der Waals surface area (Å²) in [6.45, 7) is 4.12. The monoisotopic (exact) mass is 283 g/mol. The molecule has 0 aliphatic carbocycles. The van der Waals surface area contributed by atoms with E-state index < -0.39 is 10.0 Å². The van der Waals surface area contributed by atoms with Gasteiger partial charge in [-0.1, -0.05) is 12.1 Å².